The minimum absolute atomic E-state index is 0.0888. The molecule has 2 heterocycles. The SMILES string of the molecule is CC(=O)Nc1nnc(S(=O)(=O)N2CCC[C@H]2C(N)=O)s1. The second kappa shape index (κ2) is 5.42. The van der Waals surface area contributed by atoms with Crippen LogP contribution in [0.3, 0.4) is 0 Å². The molecule has 0 aromatic carbocycles. The average molecular weight is 319 g/mol. The summed E-state index contributed by atoms with van der Waals surface area (Å²) in [5, 5.41) is 9.57. The van der Waals surface area contributed by atoms with Crippen LogP contribution in [0.15, 0.2) is 4.34 Å². The van der Waals surface area contributed by atoms with E-state index in [9.17, 15) is 18.0 Å². The molecule has 0 aliphatic carbocycles. The second-order valence-electron chi connectivity index (χ2n) is 4.23. The number of amides is 2. The molecule has 0 unspecified atom stereocenters. The van der Waals surface area contributed by atoms with Crippen LogP contribution in [0.5, 0.6) is 0 Å². The average Bonchev–Trinajstić information content (AvgIpc) is 2.95. The normalized spacial score (nSPS) is 19.9. The first-order valence-electron chi connectivity index (χ1n) is 5.74. The Kier molecular flexibility index (Phi) is 4.01. The van der Waals surface area contributed by atoms with E-state index in [1.807, 2.05) is 0 Å². The maximum atomic E-state index is 12.4. The number of hydrogen-bond acceptors (Lipinski definition) is 7. The Labute approximate surface area is 119 Å². The lowest BCUT2D eigenvalue weighted by molar-refractivity contribution is -0.121. The lowest BCUT2D eigenvalue weighted by atomic mass is 10.2. The quantitative estimate of drug-likeness (QED) is 0.693. The summed E-state index contributed by atoms with van der Waals surface area (Å²) in [5.74, 6) is -1.06. The number of aromatic nitrogens is 2. The van der Waals surface area contributed by atoms with Gasteiger partial charge in [0.2, 0.25) is 21.3 Å². The van der Waals surface area contributed by atoms with Gasteiger partial charge in [-0.25, -0.2) is 8.42 Å². The summed E-state index contributed by atoms with van der Waals surface area (Å²) in [4.78, 5) is 22.1. The van der Waals surface area contributed by atoms with Crippen molar-refractivity contribution in [2.24, 2.45) is 5.73 Å². The van der Waals surface area contributed by atoms with Crippen LogP contribution in [0.4, 0.5) is 5.13 Å². The van der Waals surface area contributed by atoms with Crippen LogP contribution in [0.1, 0.15) is 19.8 Å². The number of carbonyl (C=O) groups is 2. The molecular weight excluding hydrogens is 306 g/mol. The fraction of sp³-hybridized carbons (Fsp3) is 0.556. The maximum Gasteiger partial charge on any atom is 0.273 e. The monoisotopic (exact) mass is 319 g/mol. The van der Waals surface area contributed by atoms with E-state index in [1.165, 1.54) is 6.92 Å². The van der Waals surface area contributed by atoms with E-state index >= 15 is 0 Å². The molecule has 1 atom stereocenters. The molecule has 11 heteroatoms. The van der Waals surface area contributed by atoms with E-state index in [0.717, 1.165) is 15.6 Å². The zero-order valence-electron chi connectivity index (χ0n) is 10.6. The van der Waals surface area contributed by atoms with Crippen molar-refractivity contribution in [2.75, 3.05) is 11.9 Å². The van der Waals surface area contributed by atoms with Crippen molar-refractivity contribution in [1.29, 1.82) is 0 Å². The highest BCUT2D eigenvalue weighted by molar-refractivity contribution is 7.91. The number of anilines is 1. The molecule has 1 aliphatic heterocycles. The number of rotatable bonds is 4. The number of nitrogens with zero attached hydrogens (tertiary/aromatic N) is 3. The molecule has 2 amide bonds. The molecule has 110 valence electrons. The molecule has 0 spiro atoms. The third-order valence-electron chi connectivity index (χ3n) is 2.75. The third kappa shape index (κ3) is 2.78. The molecule has 20 heavy (non-hydrogen) atoms. The van der Waals surface area contributed by atoms with Crippen molar-refractivity contribution < 1.29 is 18.0 Å². The van der Waals surface area contributed by atoms with Crippen LogP contribution in [0.2, 0.25) is 0 Å². The van der Waals surface area contributed by atoms with Crippen LogP contribution in [-0.4, -0.2) is 47.3 Å². The van der Waals surface area contributed by atoms with Crippen molar-refractivity contribution in [2.45, 2.75) is 30.1 Å². The summed E-state index contributed by atoms with van der Waals surface area (Å²) in [5.41, 5.74) is 5.20. The van der Waals surface area contributed by atoms with Gasteiger partial charge in [-0.2, -0.15) is 4.31 Å². The summed E-state index contributed by atoms with van der Waals surface area (Å²) in [6, 6.07) is -0.854. The minimum atomic E-state index is -3.92. The molecule has 1 aromatic rings. The van der Waals surface area contributed by atoms with Crippen LogP contribution in [-0.2, 0) is 19.6 Å². The van der Waals surface area contributed by atoms with Gasteiger partial charge in [0.15, 0.2) is 0 Å². The first-order valence-corrected chi connectivity index (χ1v) is 8.00. The van der Waals surface area contributed by atoms with E-state index in [0.29, 0.717) is 12.8 Å². The van der Waals surface area contributed by atoms with Gasteiger partial charge in [-0.3, -0.25) is 9.59 Å². The molecule has 1 saturated heterocycles. The Balaban J connectivity index is 2.28. The van der Waals surface area contributed by atoms with Gasteiger partial charge < -0.3 is 11.1 Å². The predicted octanol–water partition coefficient (Wildman–Crippen LogP) is -0.865. The van der Waals surface area contributed by atoms with E-state index in [1.54, 1.807) is 0 Å². The van der Waals surface area contributed by atoms with Gasteiger partial charge in [0.25, 0.3) is 10.0 Å². The third-order valence-corrected chi connectivity index (χ3v) is 5.84. The molecule has 2 rings (SSSR count). The number of hydrogen-bond donors (Lipinski definition) is 2. The molecule has 1 aromatic heterocycles. The van der Waals surface area contributed by atoms with Gasteiger partial charge in [0.05, 0.1) is 0 Å². The van der Waals surface area contributed by atoms with E-state index in [2.05, 4.69) is 15.5 Å². The van der Waals surface area contributed by atoms with E-state index in [4.69, 9.17) is 5.73 Å². The van der Waals surface area contributed by atoms with Crippen molar-refractivity contribution in [1.82, 2.24) is 14.5 Å². The van der Waals surface area contributed by atoms with Crippen molar-refractivity contribution in [3.8, 4) is 0 Å². The number of carbonyl (C=O) groups excluding carboxylic acids is 2. The predicted molar refractivity (Wildman–Crippen MR) is 70.3 cm³/mol. The van der Waals surface area contributed by atoms with E-state index < -0.39 is 22.0 Å². The Morgan fingerprint density at radius 3 is 2.75 bits per heavy atom. The van der Waals surface area contributed by atoms with Gasteiger partial charge >= 0.3 is 0 Å². The van der Waals surface area contributed by atoms with Crippen molar-refractivity contribution in [3.05, 3.63) is 0 Å². The highest BCUT2D eigenvalue weighted by Gasteiger charge is 2.40. The number of nitrogens with one attached hydrogen (secondary N) is 1. The molecule has 0 radical (unpaired) electrons. The lowest BCUT2D eigenvalue weighted by Crippen LogP contribution is -2.43. The zero-order valence-corrected chi connectivity index (χ0v) is 12.2. The fourth-order valence-electron chi connectivity index (χ4n) is 1.93. The van der Waals surface area contributed by atoms with Crippen LogP contribution < -0.4 is 11.1 Å². The molecule has 9 nitrogen and oxygen atoms in total. The molecule has 1 aliphatic rings. The first kappa shape index (κ1) is 14.8. The smallest absolute Gasteiger partial charge is 0.273 e. The molecule has 3 N–H and O–H groups in total. The van der Waals surface area contributed by atoms with Crippen LogP contribution in [0.25, 0.3) is 0 Å². The molecule has 1 fully saturated rings. The zero-order chi connectivity index (χ0) is 14.9. The fourth-order valence-corrected chi connectivity index (χ4v) is 4.65. The summed E-state index contributed by atoms with van der Waals surface area (Å²) in [6.45, 7) is 1.49. The van der Waals surface area contributed by atoms with Gasteiger partial charge in [-0.1, -0.05) is 11.3 Å². The topological polar surface area (TPSA) is 135 Å². The summed E-state index contributed by atoms with van der Waals surface area (Å²) < 4.78 is 25.5. The number of nitrogens with two attached hydrogens (primary N) is 1. The van der Waals surface area contributed by atoms with Crippen molar-refractivity contribution >= 4 is 38.3 Å². The lowest BCUT2D eigenvalue weighted by Gasteiger charge is -2.19. The highest BCUT2D eigenvalue weighted by atomic mass is 32.2. The van der Waals surface area contributed by atoms with Gasteiger partial charge in [-0.05, 0) is 12.8 Å². The minimum Gasteiger partial charge on any atom is -0.368 e. The summed E-state index contributed by atoms with van der Waals surface area (Å²) >= 11 is 0.733. The Morgan fingerprint density at radius 2 is 2.15 bits per heavy atom. The van der Waals surface area contributed by atoms with Crippen LogP contribution in [0, 0.1) is 0 Å². The summed E-state index contributed by atoms with van der Waals surface area (Å²) in [7, 11) is -3.92. The second-order valence-corrected chi connectivity index (χ2v) is 7.27. The van der Waals surface area contributed by atoms with Gasteiger partial charge in [0.1, 0.15) is 6.04 Å². The van der Waals surface area contributed by atoms with Crippen LogP contribution >= 0.6 is 11.3 Å². The van der Waals surface area contributed by atoms with Gasteiger partial charge in [0, 0.05) is 13.5 Å². The Bertz CT molecular complexity index is 641. The van der Waals surface area contributed by atoms with Crippen molar-refractivity contribution in [3.63, 3.8) is 0 Å². The highest BCUT2D eigenvalue weighted by Crippen LogP contribution is 2.28. The molecule has 0 saturated carbocycles. The largest absolute Gasteiger partial charge is 0.368 e. The van der Waals surface area contributed by atoms with E-state index in [-0.39, 0.29) is 21.9 Å². The standard InChI is InChI=1S/C9H13N5O4S2/c1-5(15)11-8-12-13-9(19-8)20(17,18)14-4-2-3-6(14)7(10)16/h6H,2-4H2,1H3,(H2,10,16)(H,11,12,15)/t6-/m0/s1. The maximum absolute atomic E-state index is 12.4. The Morgan fingerprint density at radius 1 is 1.45 bits per heavy atom. The summed E-state index contributed by atoms with van der Waals surface area (Å²) in [6.07, 6.45) is 0.954. The molecule has 0 bridgehead atoms. The molecular formula is C9H13N5O4S2. The Hall–Kier alpha value is -1.59. The first-order chi connectivity index (χ1) is 9.32. The number of sulfonamides is 1. The van der Waals surface area contributed by atoms with Gasteiger partial charge in [-0.15, -0.1) is 10.2 Å². The number of primary amides is 1.